The minimum absolute atomic E-state index is 0.156. The molecule has 0 radical (unpaired) electrons. The maximum atomic E-state index is 12.3. The molecule has 4 nitrogen and oxygen atoms in total. The Labute approximate surface area is 119 Å². The van der Waals surface area contributed by atoms with Crippen molar-refractivity contribution < 1.29 is 22.7 Å². The van der Waals surface area contributed by atoms with Gasteiger partial charge in [-0.2, -0.15) is 5.10 Å². The van der Waals surface area contributed by atoms with E-state index in [1.165, 1.54) is 12.1 Å². The van der Waals surface area contributed by atoms with E-state index in [0.29, 0.717) is 17.4 Å². The quantitative estimate of drug-likeness (QED) is 0.791. The average molecular weight is 298 g/mol. The van der Waals surface area contributed by atoms with Crippen LogP contribution in [0, 0.1) is 0 Å². The molecule has 7 heteroatoms. The number of halogens is 3. The molecule has 21 heavy (non-hydrogen) atoms. The predicted octanol–water partition coefficient (Wildman–Crippen LogP) is 3.67. The molecular formula is C14H13F3N2O2. The molecule has 0 atom stereocenters. The van der Waals surface area contributed by atoms with Gasteiger partial charge in [-0.1, -0.05) is 13.0 Å². The van der Waals surface area contributed by atoms with Crippen LogP contribution in [0.4, 0.5) is 13.2 Å². The van der Waals surface area contributed by atoms with Gasteiger partial charge in [-0.3, -0.25) is 9.48 Å². The third-order valence-corrected chi connectivity index (χ3v) is 2.79. The molecule has 1 heterocycles. The molecule has 0 aliphatic carbocycles. The number of nitrogens with zero attached hydrogens (tertiary/aromatic N) is 2. The molecule has 112 valence electrons. The zero-order valence-electron chi connectivity index (χ0n) is 11.2. The minimum Gasteiger partial charge on any atom is -0.405 e. The lowest BCUT2D eigenvalue weighted by Gasteiger charge is -2.11. The normalized spacial score (nSPS) is 11.4. The number of ether oxygens (including phenoxy) is 1. The van der Waals surface area contributed by atoms with Crippen molar-refractivity contribution in [3.8, 4) is 16.9 Å². The van der Waals surface area contributed by atoms with Gasteiger partial charge >= 0.3 is 6.36 Å². The van der Waals surface area contributed by atoms with Crippen LogP contribution >= 0.6 is 0 Å². The van der Waals surface area contributed by atoms with Gasteiger partial charge in [-0.25, -0.2) is 0 Å². The first-order valence-corrected chi connectivity index (χ1v) is 6.30. The summed E-state index contributed by atoms with van der Waals surface area (Å²) in [5.41, 5.74) is 1.01. The molecule has 0 N–H and O–H groups in total. The van der Waals surface area contributed by atoms with Crippen LogP contribution in [0.15, 0.2) is 30.6 Å². The predicted molar refractivity (Wildman–Crippen MR) is 70.0 cm³/mol. The third kappa shape index (κ3) is 3.84. The molecule has 0 bridgehead atoms. The van der Waals surface area contributed by atoms with Gasteiger partial charge in [0.2, 0.25) is 0 Å². The molecule has 0 amide bonds. The SMILES string of the molecule is CCCn1cc(-c2ccc(C=O)c(OC(F)(F)F)c2)cn1. The maximum absolute atomic E-state index is 12.3. The molecule has 0 fully saturated rings. The van der Waals surface area contributed by atoms with Gasteiger partial charge in [0, 0.05) is 18.3 Å². The molecule has 0 unspecified atom stereocenters. The van der Waals surface area contributed by atoms with E-state index in [9.17, 15) is 18.0 Å². The van der Waals surface area contributed by atoms with E-state index in [2.05, 4.69) is 9.84 Å². The first kappa shape index (κ1) is 15.1. The number of carbonyl (C=O) groups excluding carboxylic acids is 1. The van der Waals surface area contributed by atoms with Gasteiger partial charge in [-0.05, 0) is 24.1 Å². The number of alkyl halides is 3. The summed E-state index contributed by atoms with van der Waals surface area (Å²) in [6, 6.07) is 4.03. The van der Waals surface area contributed by atoms with Gasteiger partial charge in [0.25, 0.3) is 0 Å². The third-order valence-electron chi connectivity index (χ3n) is 2.79. The smallest absolute Gasteiger partial charge is 0.405 e. The highest BCUT2D eigenvalue weighted by molar-refractivity contribution is 5.81. The summed E-state index contributed by atoms with van der Waals surface area (Å²) in [6.45, 7) is 2.72. The number of rotatable bonds is 5. The fraction of sp³-hybridized carbons (Fsp3) is 0.286. The molecular weight excluding hydrogens is 285 g/mol. The van der Waals surface area contributed by atoms with Crippen LogP contribution < -0.4 is 4.74 Å². The highest BCUT2D eigenvalue weighted by Crippen LogP contribution is 2.30. The first-order valence-electron chi connectivity index (χ1n) is 6.30. The zero-order chi connectivity index (χ0) is 15.5. The number of benzene rings is 1. The molecule has 0 spiro atoms. The lowest BCUT2D eigenvalue weighted by atomic mass is 10.1. The number of carbonyl (C=O) groups is 1. The second-order valence-electron chi connectivity index (χ2n) is 4.41. The van der Waals surface area contributed by atoms with Crippen LogP contribution in [0.5, 0.6) is 5.75 Å². The Hall–Kier alpha value is -2.31. The van der Waals surface area contributed by atoms with Crippen LogP contribution in [-0.4, -0.2) is 22.4 Å². The summed E-state index contributed by atoms with van der Waals surface area (Å²) in [5.74, 6) is -0.516. The van der Waals surface area contributed by atoms with Gasteiger partial charge in [0.1, 0.15) is 5.75 Å². The van der Waals surface area contributed by atoms with E-state index in [1.807, 2.05) is 6.92 Å². The number of hydrogen-bond donors (Lipinski definition) is 0. The Morgan fingerprint density at radius 1 is 1.33 bits per heavy atom. The fourth-order valence-electron chi connectivity index (χ4n) is 1.89. The summed E-state index contributed by atoms with van der Waals surface area (Å²) < 4.78 is 42.6. The molecule has 2 rings (SSSR count). The summed E-state index contributed by atoms with van der Waals surface area (Å²) in [5, 5.41) is 4.11. The number of hydrogen-bond acceptors (Lipinski definition) is 3. The van der Waals surface area contributed by atoms with Crippen molar-refractivity contribution in [2.75, 3.05) is 0 Å². The van der Waals surface area contributed by atoms with Crippen molar-refractivity contribution in [1.82, 2.24) is 9.78 Å². The Balaban J connectivity index is 2.36. The second kappa shape index (κ2) is 5.99. The Bertz CT molecular complexity index is 635. The Morgan fingerprint density at radius 3 is 2.71 bits per heavy atom. The van der Waals surface area contributed by atoms with E-state index < -0.39 is 12.1 Å². The molecule has 0 saturated heterocycles. The van der Waals surface area contributed by atoms with Gasteiger partial charge in [0.15, 0.2) is 6.29 Å². The Kier molecular flexibility index (Phi) is 4.30. The molecule has 0 saturated carbocycles. The first-order chi connectivity index (χ1) is 9.93. The number of aldehydes is 1. The van der Waals surface area contributed by atoms with Crippen LogP contribution in [0.2, 0.25) is 0 Å². The summed E-state index contributed by atoms with van der Waals surface area (Å²) in [4.78, 5) is 10.8. The summed E-state index contributed by atoms with van der Waals surface area (Å²) >= 11 is 0. The van der Waals surface area contributed by atoms with E-state index in [1.54, 1.807) is 23.1 Å². The lowest BCUT2D eigenvalue weighted by molar-refractivity contribution is -0.274. The standard InChI is InChI=1S/C14H13F3N2O2/c1-2-5-19-8-12(7-18-19)10-3-4-11(9-20)13(6-10)21-14(15,16)17/h3-4,6-9H,2,5H2,1H3. The van der Waals surface area contributed by atoms with E-state index >= 15 is 0 Å². The van der Waals surface area contributed by atoms with Crippen molar-refractivity contribution in [3.05, 3.63) is 36.2 Å². The Morgan fingerprint density at radius 2 is 2.10 bits per heavy atom. The maximum Gasteiger partial charge on any atom is 0.573 e. The lowest BCUT2D eigenvalue weighted by Crippen LogP contribution is -2.18. The van der Waals surface area contributed by atoms with Crippen molar-refractivity contribution >= 4 is 6.29 Å². The fourth-order valence-corrected chi connectivity index (χ4v) is 1.89. The van der Waals surface area contributed by atoms with Crippen molar-refractivity contribution in [2.45, 2.75) is 26.3 Å². The van der Waals surface area contributed by atoms with E-state index in [0.717, 1.165) is 13.0 Å². The monoisotopic (exact) mass is 298 g/mol. The average Bonchev–Trinajstić information content (AvgIpc) is 2.86. The molecule has 2 aromatic rings. The second-order valence-corrected chi connectivity index (χ2v) is 4.41. The van der Waals surface area contributed by atoms with Crippen LogP contribution in [0.1, 0.15) is 23.7 Å². The van der Waals surface area contributed by atoms with Crippen LogP contribution in [0.25, 0.3) is 11.1 Å². The minimum atomic E-state index is -4.84. The van der Waals surface area contributed by atoms with Gasteiger partial charge in [-0.15, -0.1) is 13.2 Å². The topological polar surface area (TPSA) is 44.1 Å². The van der Waals surface area contributed by atoms with Gasteiger partial charge in [0.05, 0.1) is 11.8 Å². The summed E-state index contributed by atoms with van der Waals surface area (Å²) in [7, 11) is 0. The highest BCUT2D eigenvalue weighted by Gasteiger charge is 2.32. The van der Waals surface area contributed by atoms with Crippen molar-refractivity contribution in [1.29, 1.82) is 0 Å². The summed E-state index contributed by atoms with van der Waals surface area (Å²) in [6.07, 6.45) is -0.332. The van der Waals surface area contributed by atoms with E-state index in [4.69, 9.17) is 0 Å². The van der Waals surface area contributed by atoms with E-state index in [-0.39, 0.29) is 5.56 Å². The number of aryl methyl sites for hydroxylation is 1. The molecule has 0 aliphatic heterocycles. The molecule has 1 aromatic carbocycles. The van der Waals surface area contributed by atoms with Gasteiger partial charge < -0.3 is 4.74 Å². The van der Waals surface area contributed by atoms with Crippen molar-refractivity contribution in [3.63, 3.8) is 0 Å². The van der Waals surface area contributed by atoms with Crippen LogP contribution in [0.3, 0.4) is 0 Å². The van der Waals surface area contributed by atoms with Crippen molar-refractivity contribution in [2.24, 2.45) is 0 Å². The largest absolute Gasteiger partial charge is 0.573 e. The molecule has 1 aromatic heterocycles. The highest BCUT2D eigenvalue weighted by atomic mass is 19.4. The number of aromatic nitrogens is 2. The van der Waals surface area contributed by atoms with Crippen LogP contribution in [-0.2, 0) is 6.54 Å². The zero-order valence-corrected chi connectivity index (χ0v) is 11.2. The molecule has 0 aliphatic rings.